The molecule has 2 N–H and O–H groups in total. The molecule has 1 saturated heterocycles. The Morgan fingerprint density at radius 2 is 1.83 bits per heavy atom. The summed E-state index contributed by atoms with van der Waals surface area (Å²) < 4.78 is 42.1. The predicted molar refractivity (Wildman–Crippen MR) is 206 cm³/mol. The second kappa shape index (κ2) is 13.3. The van der Waals surface area contributed by atoms with E-state index in [4.69, 9.17) is 9.15 Å². The maximum atomic E-state index is 15.0. The number of methoxy groups -OCH3 is 1. The number of benzene rings is 2. The van der Waals surface area contributed by atoms with Crippen LogP contribution in [0.2, 0.25) is 0 Å². The highest BCUT2D eigenvalue weighted by atomic mass is 32.2. The van der Waals surface area contributed by atoms with E-state index in [2.05, 4.69) is 36.8 Å². The van der Waals surface area contributed by atoms with Crippen molar-refractivity contribution >= 4 is 38.6 Å². The lowest BCUT2D eigenvalue weighted by atomic mass is 9.81. The van der Waals surface area contributed by atoms with Crippen LogP contribution in [0.15, 0.2) is 64.3 Å². The Morgan fingerprint density at radius 1 is 1.04 bits per heavy atom. The molecular formula is C41H48N6O6S. The Hall–Kier alpha value is -4.62. The van der Waals surface area contributed by atoms with E-state index in [-0.39, 0.29) is 23.4 Å². The number of rotatable bonds is 8. The van der Waals surface area contributed by atoms with Crippen LogP contribution in [0.1, 0.15) is 96.9 Å². The number of carbonyl (C=O) groups excluding carboxylic acids is 2. The molecule has 3 aliphatic heterocycles. The summed E-state index contributed by atoms with van der Waals surface area (Å²) in [5, 5.41) is 5.64. The first-order valence-corrected chi connectivity index (χ1v) is 20.8. The Morgan fingerprint density at radius 3 is 2.56 bits per heavy atom. The molecule has 2 saturated carbocycles. The maximum absolute atomic E-state index is 15.0. The first-order valence-electron chi connectivity index (χ1n) is 19.3. The minimum Gasteiger partial charge on any atom is -0.497 e. The molecule has 284 valence electrons. The summed E-state index contributed by atoms with van der Waals surface area (Å²) in [7, 11) is 0.469. The number of fused-ring (bicyclic) bond motifs is 7. The molecule has 5 aliphatic rings. The average Bonchev–Trinajstić information content (AvgIpc) is 3.53. The van der Waals surface area contributed by atoms with E-state index in [1.54, 1.807) is 19.4 Å². The summed E-state index contributed by atoms with van der Waals surface area (Å²) in [6.07, 6.45) is 10.7. The number of hydrazone groups is 1. The summed E-state index contributed by atoms with van der Waals surface area (Å²) in [4.78, 5) is 30.6. The molecule has 0 spiro atoms. The lowest BCUT2D eigenvalue weighted by Crippen LogP contribution is -2.47. The summed E-state index contributed by atoms with van der Waals surface area (Å²) in [6.45, 7) is 1.86. The molecule has 13 heteroatoms. The molecule has 2 amide bonds. The molecule has 4 aromatic rings. The zero-order valence-corrected chi connectivity index (χ0v) is 32.0. The second-order valence-electron chi connectivity index (χ2n) is 16.1. The van der Waals surface area contributed by atoms with Crippen molar-refractivity contribution in [2.75, 3.05) is 34.3 Å². The fourth-order valence-electron chi connectivity index (χ4n) is 9.84. The lowest BCUT2D eigenvalue weighted by Gasteiger charge is -2.36. The molecule has 2 aromatic heterocycles. The third-order valence-corrected chi connectivity index (χ3v) is 14.3. The first kappa shape index (κ1) is 35.1. The molecule has 0 radical (unpaired) electrons. The first-order chi connectivity index (χ1) is 26.1. The predicted octanol–water partition coefficient (Wildman–Crippen LogP) is 5.99. The number of ether oxygens (including phenoxy) is 1. The van der Waals surface area contributed by atoms with Gasteiger partial charge in [0.05, 0.1) is 30.5 Å². The highest BCUT2D eigenvalue weighted by Gasteiger charge is 2.64. The van der Waals surface area contributed by atoms with Crippen LogP contribution in [-0.4, -0.2) is 80.1 Å². The van der Waals surface area contributed by atoms with Gasteiger partial charge in [0.25, 0.3) is 5.91 Å². The minimum absolute atomic E-state index is 0.0273. The molecule has 54 heavy (non-hydrogen) atoms. The fraction of sp³-hybridized carbons (Fsp3) is 0.488. The van der Waals surface area contributed by atoms with E-state index in [1.807, 2.05) is 30.3 Å². The fourth-order valence-corrected chi connectivity index (χ4v) is 10.4. The molecule has 2 aromatic carbocycles. The van der Waals surface area contributed by atoms with Crippen LogP contribution in [0.3, 0.4) is 0 Å². The molecule has 3 atom stereocenters. The number of nitrogens with zero attached hydrogens (tertiary/aromatic N) is 4. The van der Waals surface area contributed by atoms with Crippen molar-refractivity contribution in [1.29, 1.82) is 0 Å². The van der Waals surface area contributed by atoms with Gasteiger partial charge in [0.15, 0.2) is 0 Å². The third kappa shape index (κ3) is 5.82. The number of carbonyl (C=O) groups is 2. The largest absolute Gasteiger partial charge is 0.497 e. The number of amides is 2. The zero-order valence-electron chi connectivity index (χ0n) is 31.1. The van der Waals surface area contributed by atoms with Crippen molar-refractivity contribution in [2.24, 2.45) is 16.4 Å². The molecular weight excluding hydrogens is 705 g/mol. The topological polar surface area (TPSA) is 138 Å². The van der Waals surface area contributed by atoms with Gasteiger partial charge in [-0.2, -0.15) is 17.8 Å². The van der Waals surface area contributed by atoms with Crippen molar-refractivity contribution in [3.8, 4) is 17.0 Å². The Balaban J connectivity index is 1.08. The Labute approximate surface area is 316 Å². The van der Waals surface area contributed by atoms with Gasteiger partial charge in [0.2, 0.25) is 5.91 Å². The van der Waals surface area contributed by atoms with Crippen LogP contribution in [0, 0.1) is 11.3 Å². The molecule has 9 rings (SSSR count). The van der Waals surface area contributed by atoms with E-state index < -0.39 is 21.5 Å². The number of aromatic nitrogens is 1. The van der Waals surface area contributed by atoms with E-state index in [9.17, 15) is 13.2 Å². The second-order valence-corrected chi connectivity index (χ2v) is 18.0. The summed E-state index contributed by atoms with van der Waals surface area (Å²) >= 11 is 0. The highest BCUT2D eigenvalue weighted by molar-refractivity contribution is 7.87. The van der Waals surface area contributed by atoms with Crippen molar-refractivity contribution in [3.05, 3.63) is 77.2 Å². The van der Waals surface area contributed by atoms with E-state index in [0.717, 1.165) is 101 Å². The van der Waals surface area contributed by atoms with Crippen molar-refractivity contribution < 1.29 is 27.2 Å². The van der Waals surface area contributed by atoms with Crippen LogP contribution in [-0.2, 0) is 21.5 Å². The number of piperidine rings is 1. The summed E-state index contributed by atoms with van der Waals surface area (Å²) in [6, 6.07) is 15.9. The van der Waals surface area contributed by atoms with Crippen molar-refractivity contribution in [1.82, 2.24) is 23.9 Å². The summed E-state index contributed by atoms with van der Waals surface area (Å²) in [5.74, 6) is 1.84. The minimum atomic E-state index is -3.99. The molecule has 5 heterocycles. The number of likely N-dealkylation sites (tertiary alicyclic amines) is 1. The lowest BCUT2D eigenvalue weighted by molar-refractivity contribution is -0.139. The monoisotopic (exact) mass is 752 g/mol. The van der Waals surface area contributed by atoms with Crippen molar-refractivity contribution in [2.45, 2.75) is 82.2 Å². The van der Waals surface area contributed by atoms with Gasteiger partial charge in [-0.05, 0) is 97.5 Å². The quantitative estimate of drug-likeness (QED) is 0.226. The van der Waals surface area contributed by atoms with Crippen molar-refractivity contribution in [3.63, 3.8) is 0 Å². The SMILES string of the molecule is COc1ccc2c(c1)C1CC1(C(=O)N1CCC(C3CC(c4ccco4)=NN3)CC1)Cn1c-2c(C2CCCCC2)c2ccc(C(=O)NS(=O)(=O)N(C)C)cc21. The van der Waals surface area contributed by atoms with E-state index >= 15 is 4.79 Å². The smallest absolute Gasteiger partial charge is 0.303 e. The average molecular weight is 753 g/mol. The Kier molecular flexibility index (Phi) is 8.64. The highest BCUT2D eigenvalue weighted by Crippen LogP contribution is 2.66. The van der Waals surface area contributed by atoms with Gasteiger partial charge in [0, 0.05) is 68.1 Å². The van der Waals surface area contributed by atoms with Gasteiger partial charge in [-0.3, -0.25) is 9.59 Å². The number of hydrogen-bond donors (Lipinski definition) is 2. The van der Waals surface area contributed by atoms with Gasteiger partial charge in [-0.1, -0.05) is 25.3 Å². The van der Waals surface area contributed by atoms with Gasteiger partial charge < -0.3 is 24.0 Å². The molecule has 2 aliphatic carbocycles. The maximum Gasteiger partial charge on any atom is 0.303 e. The van der Waals surface area contributed by atoms with Gasteiger partial charge in [-0.25, -0.2) is 4.72 Å². The molecule has 3 fully saturated rings. The Bertz CT molecular complexity index is 2270. The van der Waals surface area contributed by atoms with Gasteiger partial charge in [0.1, 0.15) is 17.2 Å². The van der Waals surface area contributed by atoms with E-state index in [0.29, 0.717) is 31.5 Å². The van der Waals surface area contributed by atoms with Crippen LogP contribution in [0.4, 0.5) is 0 Å². The van der Waals surface area contributed by atoms with Crippen LogP contribution < -0.4 is 14.9 Å². The molecule has 0 bridgehead atoms. The molecule has 3 unspecified atom stereocenters. The zero-order chi connectivity index (χ0) is 37.4. The number of hydrogen-bond acceptors (Lipinski definition) is 8. The summed E-state index contributed by atoms with van der Waals surface area (Å²) in [5.41, 5.74) is 9.41. The van der Waals surface area contributed by atoms with Crippen LogP contribution in [0.25, 0.3) is 22.2 Å². The molecule has 12 nitrogen and oxygen atoms in total. The standard InChI is InChI=1S/C41H48N6O6S/c1-45(2)54(50,51)44-39(48)27-11-13-30-35(20-27)47-24-41(40(49)46-17-15-25(16-18-46)33-22-34(43-42-33)36-10-7-19-53-36)23-32(41)31-21-28(52-3)12-14-29(31)38(47)37(30)26-8-5-4-6-9-26/h7,10-14,19-21,25-26,32-33,42H,4-6,8-9,15-18,22-24H2,1-3H3,(H,44,48). The van der Waals surface area contributed by atoms with Crippen LogP contribution in [0.5, 0.6) is 5.75 Å². The van der Waals surface area contributed by atoms with Crippen LogP contribution >= 0.6 is 0 Å². The number of nitrogens with one attached hydrogen (secondary N) is 2. The number of furan rings is 1. The third-order valence-electron chi connectivity index (χ3n) is 12.9. The van der Waals surface area contributed by atoms with Gasteiger partial charge in [-0.15, -0.1) is 0 Å². The normalized spacial score (nSPS) is 24.3. The van der Waals surface area contributed by atoms with Gasteiger partial charge >= 0.3 is 10.2 Å². The van der Waals surface area contributed by atoms with E-state index in [1.165, 1.54) is 26.1 Å².